The third kappa shape index (κ3) is 5.13. The van der Waals surface area contributed by atoms with Gasteiger partial charge in [-0.1, -0.05) is 44.2 Å². The molecule has 0 bridgehead atoms. The van der Waals surface area contributed by atoms with Crippen molar-refractivity contribution in [2.45, 2.75) is 26.8 Å². The predicted octanol–water partition coefficient (Wildman–Crippen LogP) is 4.84. The zero-order chi connectivity index (χ0) is 17.6. The van der Waals surface area contributed by atoms with Crippen molar-refractivity contribution in [3.05, 3.63) is 60.2 Å². The van der Waals surface area contributed by atoms with Gasteiger partial charge in [-0.25, -0.2) is 4.39 Å². The molecule has 0 amide bonds. The van der Waals surface area contributed by atoms with E-state index in [9.17, 15) is 4.39 Å². The molecule has 0 atom stereocenters. The molecule has 2 N–H and O–H groups in total. The predicted molar refractivity (Wildman–Crippen MR) is 106 cm³/mol. The maximum atomic E-state index is 14.6. The van der Waals surface area contributed by atoms with Gasteiger partial charge in [0.1, 0.15) is 12.1 Å². The van der Waals surface area contributed by atoms with Crippen molar-refractivity contribution in [1.82, 2.24) is 20.5 Å². The number of aromatic amines is 1. The van der Waals surface area contributed by atoms with Crippen LogP contribution in [0.15, 0.2) is 48.8 Å². The molecule has 0 saturated heterocycles. The van der Waals surface area contributed by atoms with Crippen molar-refractivity contribution < 1.29 is 4.39 Å². The number of benzene rings is 2. The number of rotatable bonds is 7. The Labute approximate surface area is 159 Å². The Morgan fingerprint density at radius 2 is 1.92 bits per heavy atom. The van der Waals surface area contributed by atoms with Crippen LogP contribution in [0.3, 0.4) is 0 Å². The van der Waals surface area contributed by atoms with Gasteiger partial charge in [-0.05, 0) is 42.1 Å². The van der Waals surface area contributed by atoms with Crippen LogP contribution in [-0.4, -0.2) is 21.7 Å². The number of hydrogen-bond acceptors (Lipinski definition) is 3. The molecule has 0 aliphatic heterocycles. The Bertz CT molecular complexity index is 818. The van der Waals surface area contributed by atoms with Gasteiger partial charge in [0, 0.05) is 17.7 Å². The largest absolute Gasteiger partial charge is 0.328 e. The summed E-state index contributed by atoms with van der Waals surface area (Å²) < 4.78 is 14.6. The summed E-state index contributed by atoms with van der Waals surface area (Å²) in [5, 5.41) is 11.2. The molecule has 26 heavy (non-hydrogen) atoms. The number of H-pyrrole nitrogens is 1. The first-order valence-corrected chi connectivity index (χ1v) is 8.59. The Hall–Kier alpha value is -2.24. The van der Waals surface area contributed by atoms with E-state index in [0.29, 0.717) is 23.9 Å². The van der Waals surface area contributed by atoms with Crippen LogP contribution in [0, 0.1) is 11.7 Å². The zero-order valence-electron chi connectivity index (χ0n) is 15.0. The van der Waals surface area contributed by atoms with Crippen LogP contribution >= 0.6 is 12.4 Å². The molecule has 138 valence electrons. The highest BCUT2D eigenvalue weighted by atomic mass is 35.5. The molecule has 0 spiro atoms. The summed E-state index contributed by atoms with van der Waals surface area (Å²) in [6, 6.07) is 13.1. The van der Waals surface area contributed by atoms with Crippen LogP contribution in [0.2, 0.25) is 0 Å². The molecule has 0 unspecified atom stereocenters. The maximum Gasteiger partial charge on any atom is 0.161 e. The van der Waals surface area contributed by atoms with Gasteiger partial charge in [0.2, 0.25) is 0 Å². The molecule has 0 aliphatic carbocycles. The summed E-state index contributed by atoms with van der Waals surface area (Å²) in [6.07, 6.45) is 2.65. The first-order valence-electron chi connectivity index (χ1n) is 8.59. The topological polar surface area (TPSA) is 53.6 Å². The number of nitrogens with one attached hydrogen (secondary N) is 2. The minimum atomic E-state index is -0.210. The average Bonchev–Trinajstić information content (AvgIpc) is 3.13. The van der Waals surface area contributed by atoms with Crippen LogP contribution in [0.1, 0.15) is 25.8 Å². The third-order valence-electron chi connectivity index (χ3n) is 4.12. The van der Waals surface area contributed by atoms with Gasteiger partial charge in [0.25, 0.3) is 0 Å². The monoisotopic (exact) mass is 374 g/mol. The fourth-order valence-corrected chi connectivity index (χ4v) is 2.71. The lowest BCUT2D eigenvalue weighted by atomic mass is 10.0. The minimum absolute atomic E-state index is 0. The van der Waals surface area contributed by atoms with Crippen LogP contribution in [-0.2, 0) is 6.54 Å². The molecule has 6 heteroatoms. The number of hydrogen-bond donors (Lipinski definition) is 2. The van der Waals surface area contributed by atoms with E-state index in [4.69, 9.17) is 0 Å². The maximum absolute atomic E-state index is 14.6. The van der Waals surface area contributed by atoms with Crippen LogP contribution in [0.25, 0.3) is 22.5 Å². The highest BCUT2D eigenvalue weighted by Gasteiger charge is 2.09. The summed E-state index contributed by atoms with van der Waals surface area (Å²) >= 11 is 0. The highest BCUT2D eigenvalue weighted by molar-refractivity contribution is 5.85. The Morgan fingerprint density at radius 1 is 1.12 bits per heavy atom. The minimum Gasteiger partial charge on any atom is -0.328 e. The van der Waals surface area contributed by atoms with E-state index in [2.05, 4.69) is 34.3 Å². The fourth-order valence-electron chi connectivity index (χ4n) is 2.71. The van der Waals surface area contributed by atoms with E-state index in [1.165, 1.54) is 6.33 Å². The molecule has 1 heterocycles. The van der Waals surface area contributed by atoms with Crippen molar-refractivity contribution in [3.63, 3.8) is 0 Å². The fraction of sp³-hybridized carbons (Fsp3) is 0.300. The summed E-state index contributed by atoms with van der Waals surface area (Å²) in [7, 11) is 0. The van der Waals surface area contributed by atoms with Crippen LogP contribution in [0.4, 0.5) is 4.39 Å². The van der Waals surface area contributed by atoms with E-state index in [0.717, 1.165) is 29.7 Å². The summed E-state index contributed by atoms with van der Waals surface area (Å²) in [6.45, 7) is 6.02. The van der Waals surface area contributed by atoms with Crippen molar-refractivity contribution in [3.8, 4) is 22.5 Å². The number of halogens is 2. The molecule has 0 aliphatic rings. The molecular formula is C20H24ClFN4. The summed E-state index contributed by atoms with van der Waals surface area (Å²) in [5.74, 6) is 1.13. The van der Waals surface area contributed by atoms with Gasteiger partial charge in [-0.3, -0.25) is 0 Å². The van der Waals surface area contributed by atoms with Gasteiger partial charge in [0.15, 0.2) is 5.82 Å². The third-order valence-corrected chi connectivity index (χ3v) is 4.12. The van der Waals surface area contributed by atoms with E-state index < -0.39 is 0 Å². The van der Waals surface area contributed by atoms with Crippen molar-refractivity contribution >= 4 is 12.4 Å². The number of aromatic nitrogens is 3. The zero-order valence-corrected chi connectivity index (χ0v) is 15.8. The molecule has 2 aromatic carbocycles. The summed E-state index contributed by atoms with van der Waals surface area (Å²) in [5.41, 5.74) is 3.25. The summed E-state index contributed by atoms with van der Waals surface area (Å²) in [4.78, 5) is 2.97. The van der Waals surface area contributed by atoms with E-state index in [1.807, 2.05) is 36.4 Å². The van der Waals surface area contributed by atoms with Crippen LogP contribution in [0.5, 0.6) is 0 Å². The molecule has 3 aromatic rings. The molecule has 4 nitrogen and oxygen atoms in total. The molecule has 3 rings (SSSR count). The molecule has 1 aromatic heterocycles. The molecule has 0 fully saturated rings. The molecule has 0 saturated carbocycles. The molecule has 0 radical (unpaired) electrons. The van der Waals surface area contributed by atoms with Gasteiger partial charge in [-0.15, -0.1) is 22.6 Å². The average molecular weight is 375 g/mol. The Kier molecular flexibility index (Phi) is 7.30. The molecular weight excluding hydrogens is 351 g/mol. The van der Waals surface area contributed by atoms with Gasteiger partial charge >= 0.3 is 0 Å². The SMILES string of the molecule is CC(C)CCNCc1ccc(-c2cccc(-c3nnc[nH]3)c2)c(F)c1.Cl. The van der Waals surface area contributed by atoms with Gasteiger partial charge in [0.05, 0.1) is 0 Å². The Balaban J connectivity index is 0.00000243. The second-order valence-corrected chi connectivity index (χ2v) is 6.59. The lowest BCUT2D eigenvalue weighted by Gasteiger charge is -2.10. The first-order chi connectivity index (χ1) is 12.1. The lowest BCUT2D eigenvalue weighted by Crippen LogP contribution is -2.16. The second-order valence-electron chi connectivity index (χ2n) is 6.59. The van der Waals surface area contributed by atoms with Crippen LogP contribution < -0.4 is 5.32 Å². The van der Waals surface area contributed by atoms with Crippen molar-refractivity contribution in [1.29, 1.82) is 0 Å². The first kappa shape index (κ1) is 20.1. The van der Waals surface area contributed by atoms with Gasteiger partial charge in [-0.2, -0.15) is 0 Å². The standard InChI is InChI=1S/C20H23FN4.ClH/c1-14(2)8-9-22-12-15-6-7-18(19(21)10-15)16-4-3-5-17(11-16)20-23-13-24-25-20;/h3-7,10-11,13-14,22H,8-9,12H2,1-2H3,(H,23,24,25);1H. The van der Waals surface area contributed by atoms with E-state index in [-0.39, 0.29) is 18.2 Å². The van der Waals surface area contributed by atoms with E-state index in [1.54, 1.807) is 6.07 Å². The van der Waals surface area contributed by atoms with Gasteiger partial charge < -0.3 is 10.3 Å². The highest BCUT2D eigenvalue weighted by Crippen LogP contribution is 2.27. The number of nitrogens with zero attached hydrogens (tertiary/aromatic N) is 2. The second kappa shape index (κ2) is 9.46. The quantitative estimate of drug-likeness (QED) is 0.582. The Morgan fingerprint density at radius 3 is 2.62 bits per heavy atom. The van der Waals surface area contributed by atoms with Crippen molar-refractivity contribution in [2.75, 3.05) is 6.54 Å². The normalized spacial score (nSPS) is 10.8. The lowest BCUT2D eigenvalue weighted by molar-refractivity contribution is 0.536. The van der Waals surface area contributed by atoms with Crippen molar-refractivity contribution in [2.24, 2.45) is 5.92 Å². The van der Waals surface area contributed by atoms with E-state index >= 15 is 0 Å². The smallest absolute Gasteiger partial charge is 0.161 e.